The van der Waals surface area contributed by atoms with Crippen molar-refractivity contribution in [2.75, 3.05) is 0 Å². The summed E-state index contributed by atoms with van der Waals surface area (Å²) in [4.78, 5) is 12.7. The first-order valence-corrected chi connectivity index (χ1v) is 8.21. The smallest absolute Gasteiger partial charge is 0.170 e. The van der Waals surface area contributed by atoms with Gasteiger partial charge in [0.25, 0.3) is 0 Å². The molecule has 0 radical (unpaired) electrons. The van der Waals surface area contributed by atoms with Gasteiger partial charge in [-0.2, -0.15) is 0 Å². The lowest BCUT2D eigenvalue weighted by atomic mass is 9.90. The summed E-state index contributed by atoms with van der Waals surface area (Å²) in [6.45, 7) is 3.98. The molecule has 126 valence electrons. The molecule has 4 heteroatoms. The minimum Gasteiger partial charge on any atom is -0.508 e. The molecule has 1 aliphatic heterocycles. The zero-order chi connectivity index (χ0) is 17.3. The number of phenolic OH excluding ortho intramolecular Hbond substituents is 2. The Morgan fingerprint density at radius 3 is 2.54 bits per heavy atom. The van der Waals surface area contributed by atoms with Crippen molar-refractivity contribution in [3.8, 4) is 17.2 Å². The van der Waals surface area contributed by atoms with Gasteiger partial charge in [0.15, 0.2) is 5.78 Å². The second-order valence-corrected chi connectivity index (χ2v) is 6.90. The first kappa shape index (κ1) is 16.4. The maximum atomic E-state index is 12.7. The van der Waals surface area contributed by atoms with Crippen LogP contribution in [0.5, 0.6) is 17.2 Å². The maximum Gasteiger partial charge on any atom is 0.170 e. The monoisotopic (exact) mass is 326 g/mol. The summed E-state index contributed by atoms with van der Waals surface area (Å²) < 4.78 is 6.01. The molecule has 2 N–H and O–H groups in total. The van der Waals surface area contributed by atoms with E-state index in [0.29, 0.717) is 17.7 Å². The number of aryl methyl sites for hydroxylation is 2. The third-order valence-electron chi connectivity index (χ3n) is 4.45. The fraction of sp³-hybridized carbons (Fsp3) is 0.350. The molecular formula is C20H22O4. The van der Waals surface area contributed by atoms with Gasteiger partial charge >= 0.3 is 0 Å². The van der Waals surface area contributed by atoms with E-state index < -0.39 is 0 Å². The first-order chi connectivity index (χ1) is 11.4. The number of rotatable bonds is 4. The van der Waals surface area contributed by atoms with Crippen molar-refractivity contribution in [1.82, 2.24) is 0 Å². The van der Waals surface area contributed by atoms with E-state index in [1.807, 2.05) is 19.9 Å². The van der Waals surface area contributed by atoms with Gasteiger partial charge in [-0.05, 0) is 62.4 Å². The number of carbonyl (C=O) groups is 1. The van der Waals surface area contributed by atoms with Crippen LogP contribution in [-0.4, -0.2) is 21.6 Å². The SMILES string of the molecule is CC1(C)CCc2ccc(O)c(C(=O)CCc3ccc(O)cc3)c2O1. The van der Waals surface area contributed by atoms with Gasteiger partial charge in [-0.3, -0.25) is 4.79 Å². The van der Waals surface area contributed by atoms with Crippen LogP contribution < -0.4 is 4.74 Å². The van der Waals surface area contributed by atoms with E-state index in [0.717, 1.165) is 24.0 Å². The summed E-state index contributed by atoms with van der Waals surface area (Å²) in [5.74, 6) is 0.578. The van der Waals surface area contributed by atoms with Gasteiger partial charge < -0.3 is 14.9 Å². The number of phenols is 2. The Kier molecular flexibility index (Phi) is 4.22. The summed E-state index contributed by atoms with van der Waals surface area (Å²) in [6.07, 6.45) is 2.54. The summed E-state index contributed by atoms with van der Waals surface area (Å²) in [5, 5.41) is 19.5. The first-order valence-electron chi connectivity index (χ1n) is 8.21. The molecule has 0 atom stereocenters. The number of benzene rings is 2. The van der Waals surface area contributed by atoms with Crippen LogP contribution in [0.1, 0.15) is 48.2 Å². The predicted molar refractivity (Wildman–Crippen MR) is 91.9 cm³/mol. The fourth-order valence-corrected chi connectivity index (χ4v) is 3.01. The number of Topliss-reactive ketones (excluding diaryl/α,β-unsaturated/α-hetero) is 1. The van der Waals surface area contributed by atoms with Crippen molar-refractivity contribution in [1.29, 1.82) is 0 Å². The Balaban J connectivity index is 1.83. The number of fused-ring (bicyclic) bond motifs is 1. The lowest BCUT2D eigenvalue weighted by Gasteiger charge is -2.33. The summed E-state index contributed by atoms with van der Waals surface area (Å²) in [5.41, 5.74) is 1.89. The third-order valence-corrected chi connectivity index (χ3v) is 4.45. The number of hydrogen-bond donors (Lipinski definition) is 2. The van der Waals surface area contributed by atoms with Crippen LogP contribution in [0.15, 0.2) is 36.4 Å². The molecule has 1 aliphatic rings. The Bertz CT molecular complexity index is 760. The standard InChI is InChI=1S/C20H22O4/c1-20(2)12-11-14-6-10-17(23)18(19(14)24-20)16(22)9-5-13-3-7-15(21)8-4-13/h3-4,6-8,10,21,23H,5,9,11-12H2,1-2H3. The van der Waals surface area contributed by atoms with Crippen molar-refractivity contribution < 1.29 is 19.7 Å². The molecule has 4 nitrogen and oxygen atoms in total. The molecular weight excluding hydrogens is 304 g/mol. The molecule has 0 fully saturated rings. The van der Waals surface area contributed by atoms with Crippen molar-refractivity contribution in [2.45, 2.75) is 45.1 Å². The van der Waals surface area contributed by atoms with Crippen molar-refractivity contribution >= 4 is 5.78 Å². The van der Waals surface area contributed by atoms with E-state index in [-0.39, 0.29) is 29.3 Å². The highest BCUT2D eigenvalue weighted by Gasteiger charge is 2.31. The predicted octanol–water partition coefficient (Wildman–Crippen LogP) is 4.02. The largest absolute Gasteiger partial charge is 0.508 e. The van der Waals surface area contributed by atoms with Gasteiger partial charge in [0.1, 0.15) is 28.4 Å². The molecule has 0 amide bonds. The van der Waals surface area contributed by atoms with E-state index in [2.05, 4.69) is 0 Å². The van der Waals surface area contributed by atoms with Crippen LogP contribution in [-0.2, 0) is 12.8 Å². The molecule has 0 aliphatic carbocycles. The van der Waals surface area contributed by atoms with E-state index in [4.69, 9.17) is 4.74 Å². The van der Waals surface area contributed by atoms with Crippen molar-refractivity contribution in [3.05, 3.63) is 53.1 Å². The van der Waals surface area contributed by atoms with Gasteiger partial charge in [-0.15, -0.1) is 0 Å². The van der Waals surface area contributed by atoms with Gasteiger partial charge in [-0.1, -0.05) is 18.2 Å². The minimum absolute atomic E-state index is 0.0258. The Hall–Kier alpha value is -2.49. The molecule has 0 aromatic heterocycles. The molecule has 0 bridgehead atoms. The molecule has 0 saturated heterocycles. The molecule has 24 heavy (non-hydrogen) atoms. The third kappa shape index (κ3) is 3.37. The van der Waals surface area contributed by atoms with Crippen LogP contribution >= 0.6 is 0 Å². The number of hydrogen-bond acceptors (Lipinski definition) is 4. The number of carbonyl (C=O) groups excluding carboxylic acids is 1. The summed E-state index contributed by atoms with van der Waals surface area (Å²) >= 11 is 0. The Morgan fingerprint density at radius 1 is 1.12 bits per heavy atom. The Morgan fingerprint density at radius 2 is 1.83 bits per heavy atom. The van der Waals surface area contributed by atoms with Crippen molar-refractivity contribution in [2.24, 2.45) is 0 Å². The van der Waals surface area contributed by atoms with Crippen LogP contribution in [0, 0.1) is 0 Å². The fourth-order valence-electron chi connectivity index (χ4n) is 3.01. The molecule has 2 aromatic rings. The highest BCUT2D eigenvalue weighted by Crippen LogP contribution is 2.40. The zero-order valence-corrected chi connectivity index (χ0v) is 14.0. The number of aromatic hydroxyl groups is 2. The van der Waals surface area contributed by atoms with Crippen LogP contribution in [0.3, 0.4) is 0 Å². The molecule has 3 rings (SSSR count). The van der Waals surface area contributed by atoms with Gasteiger partial charge in [-0.25, -0.2) is 0 Å². The quantitative estimate of drug-likeness (QED) is 0.833. The van der Waals surface area contributed by atoms with Gasteiger partial charge in [0.2, 0.25) is 0 Å². The average molecular weight is 326 g/mol. The van der Waals surface area contributed by atoms with E-state index in [1.165, 1.54) is 0 Å². The number of ether oxygens (including phenoxy) is 1. The molecule has 0 saturated carbocycles. The summed E-state index contributed by atoms with van der Waals surface area (Å²) in [7, 11) is 0. The topological polar surface area (TPSA) is 66.8 Å². The Labute approximate surface area is 141 Å². The van der Waals surface area contributed by atoms with E-state index >= 15 is 0 Å². The van der Waals surface area contributed by atoms with E-state index in [1.54, 1.807) is 30.3 Å². The van der Waals surface area contributed by atoms with E-state index in [9.17, 15) is 15.0 Å². The average Bonchev–Trinajstić information content (AvgIpc) is 2.53. The number of ketones is 1. The maximum absolute atomic E-state index is 12.7. The lowest BCUT2D eigenvalue weighted by molar-refractivity contribution is 0.0797. The molecule has 0 spiro atoms. The highest BCUT2D eigenvalue weighted by atomic mass is 16.5. The van der Waals surface area contributed by atoms with Crippen molar-refractivity contribution in [3.63, 3.8) is 0 Å². The molecule has 0 unspecified atom stereocenters. The highest BCUT2D eigenvalue weighted by molar-refractivity contribution is 6.01. The zero-order valence-electron chi connectivity index (χ0n) is 14.0. The van der Waals surface area contributed by atoms with Gasteiger partial charge in [0.05, 0.1) is 0 Å². The lowest BCUT2D eigenvalue weighted by Crippen LogP contribution is -2.33. The second-order valence-electron chi connectivity index (χ2n) is 6.90. The van der Waals surface area contributed by atoms with Gasteiger partial charge in [0, 0.05) is 6.42 Å². The van der Waals surface area contributed by atoms with Crippen LogP contribution in [0.2, 0.25) is 0 Å². The molecule has 2 aromatic carbocycles. The normalized spacial score (nSPS) is 15.4. The van der Waals surface area contributed by atoms with Crippen LogP contribution in [0.4, 0.5) is 0 Å². The molecule has 1 heterocycles. The minimum atomic E-state index is -0.340. The summed E-state index contributed by atoms with van der Waals surface area (Å²) in [6, 6.07) is 10.2. The van der Waals surface area contributed by atoms with Crippen LogP contribution in [0.25, 0.3) is 0 Å². The second kappa shape index (κ2) is 6.19.